The van der Waals surface area contributed by atoms with Crippen LogP contribution in [0.2, 0.25) is 0 Å². The zero-order valence-electron chi connectivity index (χ0n) is 10.0. The Kier molecular flexibility index (Phi) is 3.01. The lowest BCUT2D eigenvalue weighted by atomic mass is 9.86. The molecular weight excluding hydrogens is 184 g/mol. The van der Waals surface area contributed by atoms with Crippen LogP contribution in [0.15, 0.2) is 23.3 Å². The first kappa shape index (κ1) is 10.9. The predicted molar refractivity (Wildman–Crippen MR) is 63.5 cm³/mol. The van der Waals surface area contributed by atoms with Gasteiger partial charge in [0, 0.05) is 0 Å². The summed E-state index contributed by atoms with van der Waals surface area (Å²) in [5.74, 6) is 2.29. The lowest BCUT2D eigenvalue weighted by Crippen LogP contribution is -2.12. The molecule has 1 N–H and O–H groups in total. The molecule has 1 saturated carbocycles. The van der Waals surface area contributed by atoms with E-state index in [1.165, 1.54) is 18.4 Å². The van der Waals surface area contributed by atoms with Gasteiger partial charge in [0.2, 0.25) is 0 Å². The summed E-state index contributed by atoms with van der Waals surface area (Å²) < 4.78 is 0. The van der Waals surface area contributed by atoms with Crippen molar-refractivity contribution < 1.29 is 5.11 Å². The van der Waals surface area contributed by atoms with Gasteiger partial charge in [0.25, 0.3) is 0 Å². The third-order valence-electron chi connectivity index (χ3n) is 4.12. The Labute approximate surface area is 92.9 Å². The highest BCUT2D eigenvalue weighted by Gasteiger charge is 2.37. The first-order valence-electron chi connectivity index (χ1n) is 6.16. The third-order valence-corrected chi connectivity index (χ3v) is 4.12. The van der Waals surface area contributed by atoms with E-state index in [4.69, 9.17) is 0 Å². The second-order valence-electron chi connectivity index (χ2n) is 5.25. The Balaban J connectivity index is 2.05. The highest BCUT2D eigenvalue weighted by Crippen LogP contribution is 2.48. The summed E-state index contributed by atoms with van der Waals surface area (Å²) in [7, 11) is 0. The molecule has 0 heterocycles. The molecule has 0 radical (unpaired) electrons. The van der Waals surface area contributed by atoms with Crippen LogP contribution in [-0.2, 0) is 0 Å². The van der Waals surface area contributed by atoms with E-state index < -0.39 is 0 Å². The van der Waals surface area contributed by atoms with Gasteiger partial charge < -0.3 is 5.11 Å². The summed E-state index contributed by atoms with van der Waals surface area (Å²) in [5.41, 5.74) is 2.74. The SMILES string of the molecule is CCC(O)/C(C)=C/C1CC2C=C(C)C1C2. The van der Waals surface area contributed by atoms with Gasteiger partial charge >= 0.3 is 0 Å². The molecule has 1 nitrogen and oxygen atoms in total. The molecule has 4 unspecified atom stereocenters. The number of allylic oxidation sites excluding steroid dienone is 3. The first-order valence-corrected chi connectivity index (χ1v) is 6.16. The van der Waals surface area contributed by atoms with E-state index in [0.29, 0.717) is 5.92 Å². The van der Waals surface area contributed by atoms with Crippen molar-refractivity contribution in [3.8, 4) is 0 Å². The smallest absolute Gasteiger partial charge is 0.0744 e. The lowest BCUT2D eigenvalue weighted by molar-refractivity contribution is 0.205. The van der Waals surface area contributed by atoms with E-state index in [2.05, 4.69) is 26.0 Å². The van der Waals surface area contributed by atoms with Gasteiger partial charge in [-0.25, -0.2) is 0 Å². The van der Waals surface area contributed by atoms with Gasteiger partial charge in [-0.1, -0.05) is 24.6 Å². The van der Waals surface area contributed by atoms with Crippen LogP contribution in [0.3, 0.4) is 0 Å². The van der Waals surface area contributed by atoms with Crippen LogP contribution in [0, 0.1) is 17.8 Å². The molecule has 2 aliphatic rings. The van der Waals surface area contributed by atoms with Gasteiger partial charge in [0.05, 0.1) is 6.10 Å². The van der Waals surface area contributed by atoms with Crippen LogP contribution < -0.4 is 0 Å². The van der Waals surface area contributed by atoms with Crippen molar-refractivity contribution in [2.75, 3.05) is 0 Å². The molecule has 2 aliphatic carbocycles. The average Bonchev–Trinajstić information content (AvgIpc) is 2.74. The summed E-state index contributed by atoms with van der Waals surface area (Å²) in [6, 6.07) is 0. The van der Waals surface area contributed by atoms with Gasteiger partial charge in [-0.05, 0) is 56.4 Å². The zero-order chi connectivity index (χ0) is 11.0. The van der Waals surface area contributed by atoms with Crippen molar-refractivity contribution in [1.82, 2.24) is 0 Å². The highest BCUT2D eigenvalue weighted by molar-refractivity contribution is 5.23. The molecule has 0 amide bonds. The second-order valence-corrected chi connectivity index (χ2v) is 5.25. The van der Waals surface area contributed by atoms with Crippen LogP contribution in [0.5, 0.6) is 0 Å². The maximum Gasteiger partial charge on any atom is 0.0744 e. The van der Waals surface area contributed by atoms with Crippen molar-refractivity contribution >= 4 is 0 Å². The van der Waals surface area contributed by atoms with Gasteiger partial charge in [0.1, 0.15) is 0 Å². The molecule has 15 heavy (non-hydrogen) atoms. The number of aliphatic hydroxyl groups is 1. The number of fused-ring (bicyclic) bond motifs is 2. The molecule has 0 aromatic heterocycles. The number of hydrogen-bond acceptors (Lipinski definition) is 1. The summed E-state index contributed by atoms with van der Waals surface area (Å²) >= 11 is 0. The van der Waals surface area contributed by atoms with Crippen molar-refractivity contribution in [2.45, 2.75) is 46.1 Å². The molecule has 0 spiro atoms. The zero-order valence-corrected chi connectivity index (χ0v) is 10.0. The Morgan fingerprint density at radius 3 is 2.87 bits per heavy atom. The van der Waals surface area contributed by atoms with Crippen molar-refractivity contribution in [3.63, 3.8) is 0 Å². The summed E-state index contributed by atoms with van der Waals surface area (Å²) in [6.45, 7) is 6.36. The molecular formula is C14H22O. The quantitative estimate of drug-likeness (QED) is 0.702. The number of rotatable bonds is 3. The van der Waals surface area contributed by atoms with Crippen molar-refractivity contribution in [2.24, 2.45) is 17.8 Å². The fourth-order valence-corrected chi connectivity index (χ4v) is 3.22. The minimum Gasteiger partial charge on any atom is -0.389 e. The van der Waals surface area contributed by atoms with E-state index >= 15 is 0 Å². The van der Waals surface area contributed by atoms with Gasteiger partial charge in [-0.3, -0.25) is 0 Å². The Hall–Kier alpha value is -0.560. The monoisotopic (exact) mass is 206 g/mol. The normalized spacial score (nSPS) is 36.9. The fourth-order valence-electron chi connectivity index (χ4n) is 3.22. The molecule has 0 aromatic carbocycles. The van der Waals surface area contributed by atoms with Crippen LogP contribution in [0.25, 0.3) is 0 Å². The minimum absolute atomic E-state index is 0.228. The largest absolute Gasteiger partial charge is 0.389 e. The molecule has 0 saturated heterocycles. The topological polar surface area (TPSA) is 20.2 Å². The van der Waals surface area contributed by atoms with E-state index in [-0.39, 0.29) is 6.10 Å². The molecule has 84 valence electrons. The second kappa shape index (κ2) is 4.13. The van der Waals surface area contributed by atoms with Crippen LogP contribution >= 0.6 is 0 Å². The molecule has 1 fully saturated rings. The first-order chi connectivity index (χ1) is 7.11. The Bertz CT molecular complexity index is 300. The van der Waals surface area contributed by atoms with Crippen molar-refractivity contribution in [3.05, 3.63) is 23.3 Å². The summed E-state index contributed by atoms with van der Waals surface area (Å²) in [5, 5.41) is 9.74. The third kappa shape index (κ3) is 2.03. The van der Waals surface area contributed by atoms with Gasteiger partial charge in [-0.2, -0.15) is 0 Å². The number of hydrogen-bond donors (Lipinski definition) is 1. The molecule has 2 rings (SSSR count). The Morgan fingerprint density at radius 2 is 2.33 bits per heavy atom. The van der Waals surface area contributed by atoms with E-state index in [0.717, 1.165) is 18.3 Å². The van der Waals surface area contributed by atoms with E-state index in [9.17, 15) is 5.11 Å². The highest BCUT2D eigenvalue weighted by atomic mass is 16.3. The van der Waals surface area contributed by atoms with Gasteiger partial charge in [0.15, 0.2) is 0 Å². The number of aliphatic hydroxyl groups excluding tert-OH is 1. The minimum atomic E-state index is -0.228. The van der Waals surface area contributed by atoms with Crippen molar-refractivity contribution in [1.29, 1.82) is 0 Å². The predicted octanol–water partition coefficient (Wildman–Crippen LogP) is 3.31. The summed E-state index contributed by atoms with van der Waals surface area (Å²) in [6.07, 6.45) is 8.03. The fraction of sp³-hybridized carbons (Fsp3) is 0.714. The Morgan fingerprint density at radius 1 is 1.60 bits per heavy atom. The lowest BCUT2D eigenvalue weighted by Gasteiger charge is -2.20. The van der Waals surface area contributed by atoms with Gasteiger partial charge in [-0.15, -0.1) is 0 Å². The van der Waals surface area contributed by atoms with Crippen LogP contribution in [0.4, 0.5) is 0 Å². The van der Waals surface area contributed by atoms with E-state index in [1.54, 1.807) is 5.57 Å². The maximum atomic E-state index is 9.74. The molecule has 1 heteroatoms. The standard InChI is InChI=1S/C14H22O/c1-4-14(15)10(3)6-12-7-11-5-9(2)13(12)8-11/h5-6,11-15H,4,7-8H2,1-3H3/b10-6+. The van der Waals surface area contributed by atoms with Crippen LogP contribution in [-0.4, -0.2) is 11.2 Å². The molecule has 4 atom stereocenters. The molecule has 2 bridgehead atoms. The average molecular weight is 206 g/mol. The van der Waals surface area contributed by atoms with E-state index in [1.807, 2.05) is 6.92 Å². The molecule has 0 aliphatic heterocycles. The maximum absolute atomic E-state index is 9.74. The van der Waals surface area contributed by atoms with Crippen LogP contribution in [0.1, 0.15) is 40.0 Å². The molecule has 0 aromatic rings. The summed E-state index contributed by atoms with van der Waals surface area (Å²) in [4.78, 5) is 0.